The Hall–Kier alpha value is -3.71. The van der Waals surface area contributed by atoms with E-state index in [2.05, 4.69) is 9.71 Å². The van der Waals surface area contributed by atoms with E-state index < -0.39 is 10.0 Å². The Morgan fingerprint density at radius 2 is 1.52 bits per heavy atom. The molecule has 0 saturated heterocycles. The fourth-order valence-electron chi connectivity index (χ4n) is 3.07. The van der Waals surface area contributed by atoms with E-state index in [9.17, 15) is 8.42 Å². The number of hydrogen-bond donors (Lipinski definition) is 1. The number of sulfonamides is 1. The minimum absolute atomic E-state index is 0.165. The zero-order valence-electron chi connectivity index (χ0n) is 17.1. The molecule has 156 valence electrons. The number of rotatable bonds is 6. The molecule has 6 nitrogen and oxygen atoms in total. The van der Waals surface area contributed by atoms with E-state index in [4.69, 9.17) is 9.72 Å². The first-order chi connectivity index (χ1) is 15.0. The number of ether oxygens (including phenoxy) is 1. The van der Waals surface area contributed by atoms with Crippen LogP contribution in [0.15, 0.2) is 90.0 Å². The molecule has 4 rings (SSSR count). The van der Waals surface area contributed by atoms with Crippen LogP contribution < -0.4 is 9.46 Å². The van der Waals surface area contributed by atoms with Crippen molar-refractivity contribution in [2.45, 2.75) is 11.8 Å². The van der Waals surface area contributed by atoms with Gasteiger partial charge in [-0.1, -0.05) is 48.0 Å². The van der Waals surface area contributed by atoms with Gasteiger partial charge in [0.25, 0.3) is 10.0 Å². The molecule has 0 saturated carbocycles. The quantitative estimate of drug-likeness (QED) is 0.468. The number of anilines is 1. The van der Waals surface area contributed by atoms with E-state index in [1.165, 1.54) is 0 Å². The fourth-order valence-corrected chi connectivity index (χ4v) is 4.08. The molecule has 0 bridgehead atoms. The molecule has 0 spiro atoms. The highest BCUT2D eigenvalue weighted by Crippen LogP contribution is 2.29. The lowest BCUT2D eigenvalue weighted by atomic mass is 10.1. The molecule has 0 aliphatic carbocycles. The molecule has 1 aromatic heterocycles. The molecule has 0 aliphatic heterocycles. The number of aromatic nitrogens is 2. The first-order valence-electron chi connectivity index (χ1n) is 9.63. The zero-order chi connectivity index (χ0) is 21.8. The van der Waals surface area contributed by atoms with Crippen LogP contribution in [0.4, 0.5) is 5.82 Å². The highest BCUT2D eigenvalue weighted by atomic mass is 32.2. The van der Waals surface area contributed by atoms with E-state index in [0.717, 1.165) is 22.4 Å². The second-order valence-electron chi connectivity index (χ2n) is 6.97. The number of methoxy groups -OCH3 is 1. The van der Waals surface area contributed by atoms with E-state index in [0.29, 0.717) is 11.4 Å². The Labute approximate surface area is 181 Å². The van der Waals surface area contributed by atoms with E-state index in [-0.39, 0.29) is 10.7 Å². The van der Waals surface area contributed by atoms with Crippen LogP contribution in [0.3, 0.4) is 0 Å². The van der Waals surface area contributed by atoms with E-state index in [1.54, 1.807) is 37.6 Å². The Bertz CT molecular complexity index is 1290. The van der Waals surface area contributed by atoms with Gasteiger partial charge in [0, 0.05) is 11.1 Å². The van der Waals surface area contributed by atoms with Crippen LogP contribution in [0.25, 0.3) is 22.5 Å². The summed E-state index contributed by atoms with van der Waals surface area (Å²) in [4.78, 5) is 9.31. The van der Waals surface area contributed by atoms with Gasteiger partial charge in [-0.25, -0.2) is 18.4 Å². The van der Waals surface area contributed by atoms with Crippen LogP contribution in [-0.2, 0) is 10.0 Å². The van der Waals surface area contributed by atoms with Crippen molar-refractivity contribution in [3.63, 3.8) is 0 Å². The summed E-state index contributed by atoms with van der Waals surface area (Å²) >= 11 is 0. The molecule has 31 heavy (non-hydrogen) atoms. The minimum atomic E-state index is -3.82. The number of benzene rings is 3. The molecule has 1 heterocycles. The third-order valence-corrected chi connectivity index (χ3v) is 6.12. The summed E-state index contributed by atoms with van der Waals surface area (Å²) in [7, 11) is -2.21. The van der Waals surface area contributed by atoms with Crippen molar-refractivity contribution in [3.05, 3.63) is 90.6 Å². The van der Waals surface area contributed by atoms with Crippen molar-refractivity contribution in [2.24, 2.45) is 0 Å². The predicted molar refractivity (Wildman–Crippen MR) is 121 cm³/mol. The topological polar surface area (TPSA) is 81.2 Å². The number of aryl methyl sites for hydroxylation is 1. The first-order valence-corrected chi connectivity index (χ1v) is 11.1. The highest BCUT2D eigenvalue weighted by Gasteiger charge is 2.19. The summed E-state index contributed by atoms with van der Waals surface area (Å²) in [6.45, 7) is 1.90. The third-order valence-electron chi connectivity index (χ3n) is 4.77. The fraction of sp³-hybridized carbons (Fsp3) is 0.0833. The molecule has 0 unspecified atom stereocenters. The molecular formula is C24H21N3O3S. The molecule has 0 amide bonds. The molecular weight excluding hydrogens is 410 g/mol. The van der Waals surface area contributed by atoms with Crippen molar-refractivity contribution in [2.75, 3.05) is 11.8 Å². The standard InChI is InChI=1S/C24H21N3O3S/c1-17-8-14-21(15-9-17)31(28,29)27-24-23(19-6-4-3-5-7-19)26-22(16-25-24)18-10-12-20(30-2)13-11-18/h3-16H,1-2H3,(H,25,27). The normalized spacial score (nSPS) is 11.2. The van der Waals surface area contributed by atoms with Crippen LogP contribution in [0.2, 0.25) is 0 Å². The van der Waals surface area contributed by atoms with Crippen molar-refractivity contribution in [1.29, 1.82) is 0 Å². The monoisotopic (exact) mass is 431 g/mol. The second-order valence-corrected chi connectivity index (χ2v) is 8.65. The molecule has 0 aliphatic rings. The van der Waals surface area contributed by atoms with E-state index in [1.807, 2.05) is 61.5 Å². The van der Waals surface area contributed by atoms with Crippen molar-refractivity contribution in [1.82, 2.24) is 9.97 Å². The minimum Gasteiger partial charge on any atom is -0.497 e. The summed E-state index contributed by atoms with van der Waals surface area (Å²) in [5, 5.41) is 0. The molecule has 0 radical (unpaired) electrons. The van der Waals surface area contributed by atoms with Crippen LogP contribution in [0.5, 0.6) is 5.75 Å². The number of nitrogens with one attached hydrogen (secondary N) is 1. The number of hydrogen-bond acceptors (Lipinski definition) is 5. The lowest BCUT2D eigenvalue weighted by Crippen LogP contribution is -2.15. The third kappa shape index (κ3) is 4.57. The van der Waals surface area contributed by atoms with Crippen molar-refractivity contribution < 1.29 is 13.2 Å². The van der Waals surface area contributed by atoms with Gasteiger partial charge in [0.05, 0.1) is 23.9 Å². The van der Waals surface area contributed by atoms with E-state index >= 15 is 0 Å². The number of nitrogens with zero attached hydrogens (tertiary/aromatic N) is 2. The smallest absolute Gasteiger partial charge is 0.263 e. The van der Waals surface area contributed by atoms with Gasteiger partial charge < -0.3 is 4.74 Å². The first kappa shape index (κ1) is 20.6. The summed E-state index contributed by atoms with van der Waals surface area (Å²) in [6, 6.07) is 23.5. The lowest BCUT2D eigenvalue weighted by molar-refractivity contribution is 0.415. The SMILES string of the molecule is COc1ccc(-c2cnc(NS(=O)(=O)c3ccc(C)cc3)c(-c3ccccc3)n2)cc1. The molecule has 1 N–H and O–H groups in total. The van der Waals surface area contributed by atoms with Gasteiger partial charge in [-0.15, -0.1) is 0 Å². The summed E-state index contributed by atoms with van der Waals surface area (Å²) in [5.74, 6) is 0.909. The predicted octanol–water partition coefficient (Wildman–Crippen LogP) is 4.93. The molecule has 7 heteroatoms. The van der Waals surface area contributed by atoms with Gasteiger partial charge in [-0.05, 0) is 43.3 Å². The van der Waals surface area contributed by atoms with Gasteiger partial charge in [0.15, 0.2) is 5.82 Å². The summed E-state index contributed by atoms with van der Waals surface area (Å²) < 4.78 is 33.7. The second kappa shape index (κ2) is 8.57. The Morgan fingerprint density at radius 3 is 2.16 bits per heavy atom. The van der Waals surface area contributed by atoms with Crippen LogP contribution >= 0.6 is 0 Å². The van der Waals surface area contributed by atoms with Crippen LogP contribution in [-0.4, -0.2) is 25.5 Å². The molecule has 0 atom stereocenters. The lowest BCUT2D eigenvalue weighted by Gasteiger charge is -2.13. The Kier molecular flexibility index (Phi) is 5.68. The average Bonchev–Trinajstić information content (AvgIpc) is 2.80. The van der Waals surface area contributed by atoms with Crippen LogP contribution in [0.1, 0.15) is 5.56 Å². The summed E-state index contributed by atoms with van der Waals surface area (Å²) in [5.41, 5.74) is 3.65. The molecule has 0 fully saturated rings. The highest BCUT2D eigenvalue weighted by molar-refractivity contribution is 7.92. The average molecular weight is 432 g/mol. The maximum Gasteiger partial charge on any atom is 0.263 e. The Morgan fingerprint density at radius 1 is 0.839 bits per heavy atom. The summed E-state index contributed by atoms with van der Waals surface area (Å²) in [6.07, 6.45) is 1.56. The van der Waals surface area contributed by atoms with Gasteiger partial charge >= 0.3 is 0 Å². The Balaban J connectivity index is 1.77. The van der Waals surface area contributed by atoms with Crippen molar-refractivity contribution >= 4 is 15.8 Å². The molecule has 3 aromatic carbocycles. The van der Waals surface area contributed by atoms with Crippen molar-refractivity contribution in [3.8, 4) is 28.3 Å². The van der Waals surface area contributed by atoms with Gasteiger partial charge in [0.1, 0.15) is 11.4 Å². The zero-order valence-corrected chi connectivity index (χ0v) is 17.9. The van der Waals surface area contributed by atoms with Gasteiger partial charge in [-0.2, -0.15) is 0 Å². The molecule has 4 aromatic rings. The largest absolute Gasteiger partial charge is 0.497 e. The maximum atomic E-state index is 12.9. The van der Waals surface area contributed by atoms with Crippen LogP contribution in [0, 0.1) is 6.92 Å². The van der Waals surface area contributed by atoms with Gasteiger partial charge in [0.2, 0.25) is 0 Å². The maximum absolute atomic E-state index is 12.9. The van der Waals surface area contributed by atoms with Gasteiger partial charge in [-0.3, -0.25) is 4.72 Å².